The molecule has 1 amide bonds. The maximum atomic E-state index is 13.4. The summed E-state index contributed by atoms with van der Waals surface area (Å²) in [6.07, 6.45) is 2.29. The smallest absolute Gasteiger partial charge is 0.255 e. The first-order chi connectivity index (χ1) is 14.9. The second kappa shape index (κ2) is 7.88. The van der Waals surface area contributed by atoms with E-state index in [-0.39, 0.29) is 28.0 Å². The zero-order valence-corrected chi connectivity index (χ0v) is 18.5. The number of hydrogen-bond donors (Lipinski definition) is 2. The molecule has 2 aliphatic rings. The lowest BCUT2D eigenvalue weighted by molar-refractivity contribution is -0.0413. The van der Waals surface area contributed by atoms with Crippen LogP contribution in [0.25, 0.3) is 0 Å². The third kappa shape index (κ3) is 3.81. The van der Waals surface area contributed by atoms with Gasteiger partial charge < -0.3 is 10.4 Å². The minimum absolute atomic E-state index is 0.00917. The molecule has 0 saturated heterocycles. The number of amides is 1. The minimum atomic E-state index is -3.78. The van der Waals surface area contributed by atoms with Crippen molar-refractivity contribution in [1.82, 2.24) is 0 Å². The monoisotopic (exact) mass is 467 g/mol. The predicted molar refractivity (Wildman–Crippen MR) is 112 cm³/mol. The van der Waals surface area contributed by atoms with E-state index in [0.717, 1.165) is 12.8 Å². The summed E-state index contributed by atoms with van der Waals surface area (Å²) in [6, 6.07) is 5.46. The molecule has 5 nitrogen and oxygen atoms in total. The van der Waals surface area contributed by atoms with Crippen LogP contribution in [0.4, 0.5) is 18.9 Å². The number of nitrogens with one attached hydrogen (secondary N) is 1. The highest BCUT2D eigenvalue weighted by molar-refractivity contribution is 7.92. The predicted octanol–water partition coefficient (Wildman–Crippen LogP) is 4.38. The first-order valence-corrected chi connectivity index (χ1v) is 12.0. The number of fused-ring (bicyclic) bond motifs is 2. The van der Waals surface area contributed by atoms with E-state index in [9.17, 15) is 31.5 Å². The number of hydrogen-bond acceptors (Lipinski definition) is 4. The van der Waals surface area contributed by atoms with Gasteiger partial charge in [0.15, 0.2) is 27.3 Å². The second-order valence-electron chi connectivity index (χ2n) is 9.02. The molecule has 2 fully saturated rings. The largest absolute Gasteiger partial charge is 0.390 e. The minimum Gasteiger partial charge on any atom is -0.390 e. The average Bonchev–Trinajstić information content (AvgIpc) is 2.88. The number of rotatable bonds is 4. The highest BCUT2D eigenvalue weighted by Gasteiger charge is 2.53. The number of aliphatic hydroxyl groups is 1. The molecule has 0 radical (unpaired) electrons. The standard InChI is InChI=1S/C23H24F3NO4S/c1-12-3-4-13(22(28)27-16-10-18(24)21(26)19(25)11-16)7-20(12)32(30,31)17-8-14-5-6-15(9-17)23(14,2)29/h3-4,7,10-11,14-15,17,29H,5-6,8-9H2,1-2H3,(H,27,28)/t14-,15?,17?,23-/m0/s1. The summed E-state index contributed by atoms with van der Waals surface area (Å²) in [4.78, 5) is 12.6. The van der Waals surface area contributed by atoms with Gasteiger partial charge >= 0.3 is 0 Å². The van der Waals surface area contributed by atoms with Crippen molar-refractivity contribution in [3.8, 4) is 0 Å². The van der Waals surface area contributed by atoms with E-state index in [1.807, 2.05) is 0 Å². The number of benzene rings is 2. The van der Waals surface area contributed by atoms with Gasteiger partial charge in [-0.1, -0.05) is 6.07 Å². The summed E-state index contributed by atoms with van der Waals surface area (Å²) in [5, 5.41) is 12.3. The molecule has 0 aromatic heterocycles. The molecule has 0 spiro atoms. The Hall–Kier alpha value is -2.39. The van der Waals surface area contributed by atoms with Crippen LogP contribution in [0.5, 0.6) is 0 Å². The van der Waals surface area contributed by atoms with E-state index in [4.69, 9.17) is 0 Å². The molecular formula is C23H24F3NO4S. The summed E-state index contributed by atoms with van der Waals surface area (Å²) in [5.41, 5.74) is -0.680. The van der Waals surface area contributed by atoms with E-state index in [1.165, 1.54) is 18.2 Å². The van der Waals surface area contributed by atoms with Crippen LogP contribution in [0.3, 0.4) is 0 Å². The molecule has 172 valence electrons. The van der Waals surface area contributed by atoms with Crippen LogP contribution < -0.4 is 5.32 Å². The Morgan fingerprint density at radius 1 is 1.06 bits per heavy atom. The molecule has 2 N–H and O–H groups in total. The summed E-state index contributed by atoms with van der Waals surface area (Å²) >= 11 is 0. The topological polar surface area (TPSA) is 83.5 Å². The lowest BCUT2D eigenvalue weighted by Gasteiger charge is -2.40. The molecule has 32 heavy (non-hydrogen) atoms. The highest BCUT2D eigenvalue weighted by atomic mass is 32.2. The van der Waals surface area contributed by atoms with Crippen LogP contribution in [-0.4, -0.2) is 30.3 Å². The molecule has 2 aromatic rings. The van der Waals surface area contributed by atoms with Crippen LogP contribution in [0, 0.1) is 36.2 Å². The molecule has 0 heterocycles. The number of carbonyl (C=O) groups excluding carboxylic acids is 1. The number of sulfone groups is 1. The van der Waals surface area contributed by atoms with Crippen LogP contribution in [0.1, 0.15) is 48.5 Å². The number of aryl methyl sites for hydroxylation is 1. The summed E-state index contributed by atoms with van der Waals surface area (Å²) in [6.45, 7) is 3.41. The lowest BCUT2D eigenvalue weighted by Crippen LogP contribution is -2.45. The zero-order chi connectivity index (χ0) is 23.4. The zero-order valence-electron chi connectivity index (χ0n) is 17.7. The molecule has 4 rings (SSSR count). The van der Waals surface area contributed by atoms with Gasteiger partial charge in [0.05, 0.1) is 15.7 Å². The number of halogens is 3. The Bertz CT molecular complexity index is 1160. The maximum absolute atomic E-state index is 13.4. The molecular weight excluding hydrogens is 443 g/mol. The van der Waals surface area contributed by atoms with Crippen LogP contribution >= 0.6 is 0 Å². The van der Waals surface area contributed by atoms with Crippen molar-refractivity contribution in [2.45, 2.75) is 55.3 Å². The van der Waals surface area contributed by atoms with Crippen LogP contribution in [0.15, 0.2) is 35.2 Å². The molecule has 2 bridgehead atoms. The number of anilines is 1. The Morgan fingerprint density at radius 3 is 2.19 bits per heavy atom. The van der Waals surface area contributed by atoms with Gasteiger partial charge in [-0.2, -0.15) is 0 Å². The Labute approximate surface area is 184 Å². The van der Waals surface area contributed by atoms with Gasteiger partial charge in [-0.15, -0.1) is 0 Å². The van der Waals surface area contributed by atoms with Crippen molar-refractivity contribution in [3.63, 3.8) is 0 Å². The fourth-order valence-electron chi connectivity index (χ4n) is 5.08. The first kappa shape index (κ1) is 22.8. The first-order valence-electron chi connectivity index (χ1n) is 10.4. The Balaban J connectivity index is 1.61. The van der Waals surface area contributed by atoms with E-state index in [0.29, 0.717) is 30.5 Å². The Kier molecular flexibility index (Phi) is 5.61. The average molecular weight is 468 g/mol. The molecule has 2 aliphatic carbocycles. The summed E-state index contributed by atoms with van der Waals surface area (Å²) in [5.74, 6) is -5.50. The van der Waals surface area contributed by atoms with Gasteiger partial charge in [0.1, 0.15) is 0 Å². The fourth-order valence-corrected chi connectivity index (χ4v) is 7.21. The summed E-state index contributed by atoms with van der Waals surface area (Å²) < 4.78 is 66.9. The third-order valence-corrected chi connectivity index (χ3v) is 9.36. The maximum Gasteiger partial charge on any atom is 0.255 e. The fraction of sp³-hybridized carbons (Fsp3) is 0.435. The normalized spacial score (nSPS) is 27.4. The van der Waals surface area contributed by atoms with Crippen molar-refractivity contribution >= 4 is 21.4 Å². The van der Waals surface area contributed by atoms with E-state index in [2.05, 4.69) is 5.32 Å². The highest BCUT2D eigenvalue weighted by Crippen LogP contribution is 2.51. The van der Waals surface area contributed by atoms with E-state index in [1.54, 1.807) is 13.8 Å². The van der Waals surface area contributed by atoms with Gasteiger partial charge in [0, 0.05) is 23.4 Å². The summed E-state index contributed by atoms with van der Waals surface area (Å²) in [7, 11) is -3.78. The van der Waals surface area contributed by atoms with Crippen LogP contribution in [0.2, 0.25) is 0 Å². The second-order valence-corrected chi connectivity index (χ2v) is 11.2. The quantitative estimate of drug-likeness (QED) is 0.654. The molecule has 2 unspecified atom stereocenters. The lowest BCUT2D eigenvalue weighted by atomic mass is 9.76. The molecule has 2 saturated carbocycles. The van der Waals surface area contributed by atoms with E-state index < -0.39 is 44.0 Å². The number of carbonyl (C=O) groups is 1. The van der Waals surface area contributed by atoms with Gasteiger partial charge in [-0.05, 0) is 69.1 Å². The van der Waals surface area contributed by atoms with Crippen molar-refractivity contribution in [1.29, 1.82) is 0 Å². The van der Waals surface area contributed by atoms with Crippen molar-refractivity contribution < 1.29 is 31.5 Å². The molecule has 0 aliphatic heterocycles. The molecule has 4 atom stereocenters. The van der Waals surface area contributed by atoms with Crippen molar-refractivity contribution in [3.05, 3.63) is 58.9 Å². The molecule has 9 heteroatoms. The van der Waals surface area contributed by atoms with Gasteiger partial charge in [-0.3, -0.25) is 4.79 Å². The SMILES string of the molecule is Cc1ccc(C(=O)Nc2cc(F)c(F)c(F)c2)cc1S(=O)(=O)C1CC2CC[C@@H](C1)[C@]2(C)O. The van der Waals surface area contributed by atoms with Crippen molar-refractivity contribution in [2.24, 2.45) is 11.8 Å². The van der Waals surface area contributed by atoms with E-state index >= 15 is 0 Å². The van der Waals surface area contributed by atoms with Crippen molar-refractivity contribution in [2.75, 3.05) is 5.32 Å². The van der Waals surface area contributed by atoms with Gasteiger partial charge in [-0.25, -0.2) is 21.6 Å². The third-order valence-electron chi connectivity index (χ3n) is 7.05. The Morgan fingerprint density at radius 2 is 1.62 bits per heavy atom. The van der Waals surface area contributed by atoms with Gasteiger partial charge in [0.2, 0.25) is 0 Å². The van der Waals surface area contributed by atoms with Gasteiger partial charge in [0.25, 0.3) is 5.91 Å². The molecule has 2 aromatic carbocycles. The van der Waals surface area contributed by atoms with Crippen LogP contribution in [-0.2, 0) is 9.84 Å².